The van der Waals surface area contributed by atoms with Crippen LogP contribution in [0.15, 0.2) is 34.2 Å². The molecule has 0 aliphatic carbocycles. The summed E-state index contributed by atoms with van der Waals surface area (Å²) in [5.41, 5.74) is 4.39. The van der Waals surface area contributed by atoms with Crippen molar-refractivity contribution in [2.24, 2.45) is 12.0 Å². The number of hydrogen-bond acceptors (Lipinski definition) is 5. The molecule has 1 aromatic heterocycles. The molecule has 0 saturated carbocycles. The molecular formula is C21H24FN5OS. The second-order valence-electron chi connectivity index (χ2n) is 7.40. The summed E-state index contributed by atoms with van der Waals surface area (Å²) in [6.45, 7) is 8.56. The molecule has 1 amide bonds. The summed E-state index contributed by atoms with van der Waals surface area (Å²) in [7, 11) is 1.98. The van der Waals surface area contributed by atoms with Crippen LogP contribution < -0.4 is 0 Å². The zero-order valence-electron chi connectivity index (χ0n) is 16.9. The van der Waals surface area contributed by atoms with Gasteiger partial charge in [-0.05, 0) is 49.4 Å². The lowest BCUT2D eigenvalue weighted by atomic mass is 10.1. The van der Waals surface area contributed by atoms with Gasteiger partial charge in [-0.15, -0.1) is 0 Å². The van der Waals surface area contributed by atoms with E-state index in [1.807, 2.05) is 11.7 Å². The number of nitrogens with zero attached hydrogens (tertiary/aromatic N) is 5. The third-order valence-electron chi connectivity index (χ3n) is 5.46. The lowest BCUT2D eigenvalue weighted by molar-refractivity contribution is -0.113. The first-order chi connectivity index (χ1) is 13.9. The maximum absolute atomic E-state index is 13.1. The van der Waals surface area contributed by atoms with Crippen LogP contribution in [-0.2, 0) is 18.4 Å². The monoisotopic (exact) mass is 413 g/mol. The van der Waals surface area contributed by atoms with Gasteiger partial charge in [-0.3, -0.25) is 14.4 Å². The van der Waals surface area contributed by atoms with Crippen LogP contribution in [0.5, 0.6) is 0 Å². The van der Waals surface area contributed by atoms with Gasteiger partial charge in [-0.25, -0.2) is 4.39 Å². The fourth-order valence-corrected chi connectivity index (χ4v) is 4.58. The lowest BCUT2D eigenvalue weighted by Crippen LogP contribution is -2.47. The number of carbonyl (C=O) groups is 1. The third kappa shape index (κ3) is 4.28. The molecule has 2 aromatic rings. The van der Waals surface area contributed by atoms with Crippen molar-refractivity contribution in [1.29, 1.82) is 0 Å². The van der Waals surface area contributed by atoms with Gasteiger partial charge in [-0.2, -0.15) is 10.1 Å². The van der Waals surface area contributed by atoms with E-state index in [9.17, 15) is 9.18 Å². The molecule has 1 saturated heterocycles. The smallest absolute Gasteiger partial charge is 0.286 e. The van der Waals surface area contributed by atoms with Gasteiger partial charge >= 0.3 is 0 Å². The summed E-state index contributed by atoms with van der Waals surface area (Å²) in [4.78, 5) is 21.7. The lowest BCUT2D eigenvalue weighted by Gasteiger charge is -2.35. The van der Waals surface area contributed by atoms with E-state index in [2.05, 4.69) is 33.7 Å². The standard InChI is InChI=1S/C21H24FN5OS/c1-14-18(15(2)25(3)24-14)13-26-8-10-27(11-9-26)21-23-20(28)19(29-21)12-16-4-6-17(22)7-5-16/h4-7,12H,8-11,13H2,1-3H3/b19-12-. The minimum atomic E-state index is -0.288. The fourth-order valence-electron chi connectivity index (χ4n) is 3.61. The zero-order chi connectivity index (χ0) is 20.5. The van der Waals surface area contributed by atoms with Crippen molar-refractivity contribution < 1.29 is 9.18 Å². The largest absolute Gasteiger partial charge is 0.348 e. The molecule has 29 heavy (non-hydrogen) atoms. The van der Waals surface area contributed by atoms with Crippen LogP contribution in [-0.4, -0.2) is 56.8 Å². The van der Waals surface area contributed by atoms with Crippen molar-refractivity contribution in [1.82, 2.24) is 19.6 Å². The summed E-state index contributed by atoms with van der Waals surface area (Å²) in [6.07, 6.45) is 1.77. The Morgan fingerprint density at radius 3 is 2.45 bits per heavy atom. The van der Waals surface area contributed by atoms with Gasteiger partial charge in [0.2, 0.25) is 0 Å². The molecule has 6 nitrogen and oxygen atoms in total. The van der Waals surface area contributed by atoms with Crippen molar-refractivity contribution in [2.75, 3.05) is 26.2 Å². The van der Waals surface area contributed by atoms with Crippen LogP contribution in [0, 0.1) is 19.7 Å². The van der Waals surface area contributed by atoms with Crippen LogP contribution in [0.2, 0.25) is 0 Å². The zero-order valence-corrected chi connectivity index (χ0v) is 17.7. The fraction of sp³-hybridized carbons (Fsp3) is 0.381. The van der Waals surface area contributed by atoms with E-state index in [4.69, 9.17) is 0 Å². The normalized spacial score (nSPS) is 19.3. The number of carbonyl (C=O) groups excluding carboxylic acids is 1. The topological polar surface area (TPSA) is 53.7 Å². The molecule has 0 spiro atoms. The van der Waals surface area contributed by atoms with Crippen LogP contribution in [0.3, 0.4) is 0 Å². The van der Waals surface area contributed by atoms with Gasteiger partial charge in [-0.1, -0.05) is 12.1 Å². The third-order valence-corrected chi connectivity index (χ3v) is 6.50. The van der Waals surface area contributed by atoms with Crippen molar-refractivity contribution in [3.63, 3.8) is 0 Å². The summed E-state index contributed by atoms with van der Waals surface area (Å²) in [5.74, 6) is -0.512. The highest BCUT2D eigenvalue weighted by atomic mass is 32.2. The van der Waals surface area contributed by atoms with E-state index in [0.29, 0.717) is 4.91 Å². The number of rotatable bonds is 3. The van der Waals surface area contributed by atoms with Gasteiger partial charge in [0, 0.05) is 51.0 Å². The molecule has 0 N–H and O–H groups in total. The number of thioether (sulfide) groups is 1. The predicted octanol–water partition coefficient (Wildman–Crippen LogP) is 2.96. The number of hydrogen-bond donors (Lipinski definition) is 0. The molecular weight excluding hydrogens is 389 g/mol. The summed E-state index contributed by atoms with van der Waals surface area (Å²) in [6, 6.07) is 6.11. The number of aliphatic imine (C=N–C) groups is 1. The van der Waals surface area contributed by atoms with Crippen molar-refractivity contribution >= 4 is 28.9 Å². The molecule has 2 aliphatic rings. The Balaban J connectivity index is 1.36. The Kier molecular flexibility index (Phi) is 5.56. The first-order valence-corrected chi connectivity index (χ1v) is 10.5. The molecule has 2 aliphatic heterocycles. The van der Waals surface area contributed by atoms with Crippen molar-refractivity contribution in [3.05, 3.63) is 57.5 Å². The van der Waals surface area contributed by atoms with E-state index in [0.717, 1.165) is 49.1 Å². The van der Waals surface area contributed by atoms with E-state index < -0.39 is 0 Å². The maximum atomic E-state index is 13.1. The Morgan fingerprint density at radius 1 is 1.14 bits per heavy atom. The average molecular weight is 414 g/mol. The molecule has 1 aromatic carbocycles. The quantitative estimate of drug-likeness (QED) is 0.724. The molecule has 0 radical (unpaired) electrons. The van der Waals surface area contributed by atoms with Crippen molar-refractivity contribution in [2.45, 2.75) is 20.4 Å². The first-order valence-electron chi connectivity index (χ1n) is 9.65. The second-order valence-corrected chi connectivity index (χ2v) is 8.41. The van der Waals surface area contributed by atoms with Crippen LogP contribution in [0.25, 0.3) is 6.08 Å². The van der Waals surface area contributed by atoms with Gasteiger partial charge in [0.25, 0.3) is 5.91 Å². The Labute approximate surface area is 174 Å². The highest BCUT2D eigenvalue weighted by Crippen LogP contribution is 2.31. The van der Waals surface area contributed by atoms with E-state index >= 15 is 0 Å². The van der Waals surface area contributed by atoms with E-state index in [1.165, 1.54) is 35.2 Å². The van der Waals surface area contributed by atoms with Gasteiger partial charge in [0.15, 0.2) is 5.17 Å². The molecule has 4 rings (SSSR count). The molecule has 3 heterocycles. The van der Waals surface area contributed by atoms with E-state index in [1.54, 1.807) is 18.2 Å². The Morgan fingerprint density at radius 2 is 1.83 bits per heavy atom. The molecule has 0 unspecified atom stereocenters. The van der Waals surface area contributed by atoms with Gasteiger partial charge in [0.1, 0.15) is 5.82 Å². The molecule has 1 fully saturated rings. The number of aryl methyl sites for hydroxylation is 2. The number of amides is 1. The SMILES string of the molecule is Cc1nn(C)c(C)c1CN1CCN(C2=NC(=O)/C(=C/c3ccc(F)cc3)S2)CC1. The van der Waals surface area contributed by atoms with Crippen LogP contribution in [0.1, 0.15) is 22.5 Å². The second kappa shape index (κ2) is 8.12. The van der Waals surface area contributed by atoms with Crippen LogP contribution in [0.4, 0.5) is 4.39 Å². The van der Waals surface area contributed by atoms with Gasteiger partial charge in [0.05, 0.1) is 10.6 Å². The predicted molar refractivity (Wildman–Crippen MR) is 114 cm³/mol. The van der Waals surface area contributed by atoms with E-state index in [-0.39, 0.29) is 11.7 Å². The number of amidine groups is 1. The highest BCUT2D eigenvalue weighted by molar-refractivity contribution is 8.18. The minimum Gasteiger partial charge on any atom is -0.348 e. The number of aromatic nitrogens is 2. The maximum Gasteiger partial charge on any atom is 0.286 e. The number of piperazine rings is 1. The highest BCUT2D eigenvalue weighted by Gasteiger charge is 2.28. The minimum absolute atomic E-state index is 0.224. The number of halogens is 1. The Bertz CT molecular complexity index is 987. The summed E-state index contributed by atoms with van der Waals surface area (Å²) >= 11 is 1.40. The molecule has 8 heteroatoms. The molecule has 0 atom stereocenters. The van der Waals surface area contributed by atoms with Gasteiger partial charge < -0.3 is 4.90 Å². The summed E-state index contributed by atoms with van der Waals surface area (Å²) < 4.78 is 15.0. The molecule has 152 valence electrons. The van der Waals surface area contributed by atoms with Crippen molar-refractivity contribution in [3.8, 4) is 0 Å². The average Bonchev–Trinajstić information content (AvgIpc) is 3.18. The summed E-state index contributed by atoms with van der Waals surface area (Å²) in [5, 5.41) is 5.26. The first kappa shape index (κ1) is 19.8. The number of benzene rings is 1. The molecule has 0 bridgehead atoms. The Hall–Kier alpha value is -2.45. The van der Waals surface area contributed by atoms with Crippen LogP contribution >= 0.6 is 11.8 Å².